The topological polar surface area (TPSA) is 65.5 Å². The van der Waals surface area contributed by atoms with Crippen molar-refractivity contribution < 1.29 is 9.90 Å². The number of amides is 1. The van der Waals surface area contributed by atoms with Crippen LogP contribution in [0.1, 0.15) is 16.9 Å². The molecule has 2 aromatic heterocycles. The lowest BCUT2D eigenvalue weighted by molar-refractivity contribution is 0.102. The predicted octanol–water partition coefficient (Wildman–Crippen LogP) is 3.69. The average Bonchev–Trinajstić information content (AvgIpc) is 3.36. The van der Waals surface area contributed by atoms with Crippen molar-refractivity contribution in [1.29, 1.82) is 0 Å². The number of thiazole rings is 1. The van der Waals surface area contributed by atoms with Crippen LogP contribution in [0, 0.1) is 0 Å². The first-order valence-corrected chi connectivity index (χ1v) is 9.79. The van der Waals surface area contributed by atoms with Gasteiger partial charge in [-0.15, -0.1) is 22.7 Å². The summed E-state index contributed by atoms with van der Waals surface area (Å²) in [5.41, 5.74) is 2.10. The summed E-state index contributed by atoms with van der Waals surface area (Å²) in [5, 5.41) is 17.4. The Morgan fingerprint density at radius 3 is 2.88 bits per heavy atom. The van der Waals surface area contributed by atoms with Crippen molar-refractivity contribution in [3.63, 3.8) is 0 Å². The number of aliphatic hydroxyl groups is 1. The van der Waals surface area contributed by atoms with E-state index in [0.29, 0.717) is 12.2 Å². The van der Waals surface area contributed by atoms with E-state index in [1.165, 1.54) is 11.3 Å². The minimum Gasteiger partial charge on any atom is -0.391 e. The van der Waals surface area contributed by atoms with E-state index in [4.69, 9.17) is 0 Å². The van der Waals surface area contributed by atoms with Gasteiger partial charge in [0.1, 0.15) is 10.7 Å². The first-order valence-electron chi connectivity index (χ1n) is 8.03. The number of hydrogen-bond acceptors (Lipinski definition) is 6. The molecule has 7 heteroatoms. The molecule has 4 rings (SSSR count). The number of carbonyl (C=O) groups is 1. The van der Waals surface area contributed by atoms with Gasteiger partial charge in [-0.1, -0.05) is 18.2 Å². The monoisotopic (exact) mass is 371 g/mol. The fourth-order valence-corrected chi connectivity index (χ4v) is 4.51. The molecule has 1 aliphatic rings. The van der Waals surface area contributed by atoms with Crippen LogP contribution in [-0.4, -0.2) is 35.2 Å². The van der Waals surface area contributed by atoms with Gasteiger partial charge in [-0.25, -0.2) is 4.98 Å². The Morgan fingerprint density at radius 1 is 1.24 bits per heavy atom. The number of β-amino-alcohol motifs (C(OH)–C–C–N with tert-alkyl or cyclic N) is 1. The zero-order valence-corrected chi connectivity index (χ0v) is 15.0. The number of nitrogens with zero attached hydrogens (tertiary/aromatic N) is 2. The first-order chi connectivity index (χ1) is 12.2. The van der Waals surface area contributed by atoms with Gasteiger partial charge in [-0.2, -0.15) is 0 Å². The summed E-state index contributed by atoms with van der Waals surface area (Å²) in [4.78, 5) is 20.2. The molecule has 0 unspecified atom stereocenters. The number of hydrogen-bond donors (Lipinski definition) is 2. The summed E-state index contributed by atoms with van der Waals surface area (Å²) in [7, 11) is 0. The molecule has 3 heterocycles. The van der Waals surface area contributed by atoms with Gasteiger partial charge in [0.05, 0.1) is 22.4 Å². The van der Waals surface area contributed by atoms with E-state index in [2.05, 4.69) is 15.2 Å². The maximum atomic E-state index is 12.6. The Bertz CT molecular complexity index is 876. The van der Waals surface area contributed by atoms with Crippen molar-refractivity contribution in [2.45, 2.75) is 12.5 Å². The average molecular weight is 371 g/mol. The highest BCUT2D eigenvalue weighted by Gasteiger charge is 2.23. The Hall–Kier alpha value is -2.22. The van der Waals surface area contributed by atoms with Crippen LogP contribution < -0.4 is 10.2 Å². The second kappa shape index (κ2) is 6.95. The molecule has 3 aromatic rings. The number of aliphatic hydroxyl groups excluding tert-OH is 1. The van der Waals surface area contributed by atoms with Crippen molar-refractivity contribution in [1.82, 2.24) is 4.98 Å². The number of aromatic nitrogens is 1. The van der Waals surface area contributed by atoms with Crippen molar-refractivity contribution in [3.8, 4) is 9.88 Å². The second-order valence-corrected chi connectivity index (χ2v) is 7.68. The molecule has 0 radical (unpaired) electrons. The summed E-state index contributed by atoms with van der Waals surface area (Å²) in [6, 6.07) is 11.6. The molecule has 1 amide bonds. The highest BCUT2D eigenvalue weighted by molar-refractivity contribution is 7.20. The van der Waals surface area contributed by atoms with Crippen molar-refractivity contribution in [2.75, 3.05) is 23.3 Å². The molecular weight excluding hydrogens is 354 g/mol. The lowest BCUT2D eigenvalue weighted by Gasteiger charge is -2.21. The van der Waals surface area contributed by atoms with Crippen molar-refractivity contribution in [2.24, 2.45) is 0 Å². The third-order valence-electron chi connectivity index (χ3n) is 4.13. The molecule has 1 aliphatic heterocycles. The number of anilines is 2. The molecule has 0 spiro atoms. The van der Waals surface area contributed by atoms with Crippen LogP contribution in [0.15, 0.2) is 47.2 Å². The first kappa shape index (κ1) is 16.3. The van der Waals surface area contributed by atoms with E-state index >= 15 is 0 Å². The number of carbonyl (C=O) groups excluding carboxylic acids is 1. The van der Waals surface area contributed by atoms with Gasteiger partial charge >= 0.3 is 0 Å². The summed E-state index contributed by atoms with van der Waals surface area (Å²) < 4.78 is 0. The normalized spacial score (nSPS) is 17.0. The molecule has 128 valence electrons. The molecule has 1 aromatic carbocycles. The van der Waals surface area contributed by atoms with Crippen LogP contribution in [0.5, 0.6) is 0 Å². The van der Waals surface area contributed by atoms with E-state index in [1.807, 2.05) is 41.8 Å². The Balaban J connectivity index is 1.53. The maximum Gasteiger partial charge on any atom is 0.275 e. The SMILES string of the molecule is O=C(Nc1ccccc1N1CC[C@@H](O)C1)c1csc(-c2cccs2)n1. The van der Waals surface area contributed by atoms with E-state index in [9.17, 15) is 9.90 Å². The van der Waals surface area contributed by atoms with E-state index in [-0.39, 0.29) is 12.0 Å². The number of benzene rings is 1. The van der Waals surface area contributed by atoms with Gasteiger partial charge in [-0.05, 0) is 30.0 Å². The lowest BCUT2D eigenvalue weighted by Crippen LogP contribution is -2.23. The predicted molar refractivity (Wildman–Crippen MR) is 103 cm³/mol. The third-order valence-corrected chi connectivity index (χ3v) is 6.01. The standard InChI is InChI=1S/C18H17N3O2S2/c22-12-7-8-21(10-12)15-5-2-1-4-13(15)19-17(23)14-11-25-18(20-14)16-6-3-9-24-16/h1-6,9,11-12,22H,7-8,10H2,(H,19,23)/t12-/m1/s1. The largest absolute Gasteiger partial charge is 0.391 e. The van der Waals surface area contributed by atoms with E-state index in [1.54, 1.807) is 16.7 Å². The van der Waals surface area contributed by atoms with Crippen LogP contribution in [0.25, 0.3) is 9.88 Å². The van der Waals surface area contributed by atoms with Crippen molar-refractivity contribution in [3.05, 3.63) is 52.9 Å². The number of para-hydroxylation sites is 2. The molecule has 0 bridgehead atoms. The number of thiophene rings is 1. The molecule has 0 saturated carbocycles. The quantitative estimate of drug-likeness (QED) is 0.734. The summed E-state index contributed by atoms with van der Waals surface area (Å²) in [5.74, 6) is -0.216. The zero-order valence-electron chi connectivity index (χ0n) is 13.4. The van der Waals surface area contributed by atoms with Crippen LogP contribution in [0.3, 0.4) is 0 Å². The van der Waals surface area contributed by atoms with Crippen LogP contribution >= 0.6 is 22.7 Å². The number of rotatable bonds is 4. The highest BCUT2D eigenvalue weighted by atomic mass is 32.1. The summed E-state index contributed by atoms with van der Waals surface area (Å²) in [6.07, 6.45) is 0.439. The smallest absolute Gasteiger partial charge is 0.275 e. The fourth-order valence-electron chi connectivity index (χ4n) is 2.89. The molecule has 1 atom stereocenters. The van der Waals surface area contributed by atoms with Gasteiger partial charge < -0.3 is 15.3 Å². The molecule has 0 aliphatic carbocycles. The summed E-state index contributed by atoms with van der Waals surface area (Å²) in [6.45, 7) is 1.37. The fraction of sp³-hybridized carbons (Fsp3) is 0.222. The molecule has 25 heavy (non-hydrogen) atoms. The zero-order chi connectivity index (χ0) is 17.2. The van der Waals surface area contributed by atoms with Crippen molar-refractivity contribution >= 4 is 40.0 Å². The van der Waals surface area contributed by atoms with Gasteiger partial charge in [-0.3, -0.25) is 4.79 Å². The lowest BCUT2D eigenvalue weighted by atomic mass is 10.2. The van der Waals surface area contributed by atoms with Gasteiger partial charge in [0, 0.05) is 18.5 Å². The Labute approximate surface area is 153 Å². The molecule has 1 fully saturated rings. The van der Waals surface area contributed by atoms with Crippen LogP contribution in [-0.2, 0) is 0 Å². The summed E-state index contributed by atoms with van der Waals surface area (Å²) >= 11 is 3.08. The van der Waals surface area contributed by atoms with Gasteiger partial charge in [0.2, 0.25) is 0 Å². The maximum absolute atomic E-state index is 12.6. The molecular formula is C18H17N3O2S2. The number of nitrogens with one attached hydrogen (secondary N) is 1. The third kappa shape index (κ3) is 3.44. The van der Waals surface area contributed by atoms with Gasteiger partial charge in [0.25, 0.3) is 5.91 Å². The highest BCUT2D eigenvalue weighted by Crippen LogP contribution is 2.30. The molecule has 1 saturated heterocycles. The Kier molecular flexibility index (Phi) is 4.52. The minimum atomic E-state index is -0.310. The Morgan fingerprint density at radius 2 is 2.12 bits per heavy atom. The molecule has 2 N–H and O–H groups in total. The van der Waals surface area contributed by atoms with E-state index in [0.717, 1.165) is 34.2 Å². The van der Waals surface area contributed by atoms with Crippen LogP contribution in [0.4, 0.5) is 11.4 Å². The molecule has 5 nitrogen and oxygen atoms in total. The van der Waals surface area contributed by atoms with Crippen LogP contribution in [0.2, 0.25) is 0 Å². The second-order valence-electron chi connectivity index (χ2n) is 5.87. The van der Waals surface area contributed by atoms with E-state index < -0.39 is 0 Å². The minimum absolute atomic E-state index is 0.216. The van der Waals surface area contributed by atoms with Gasteiger partial charge in [0.15, 0.2) is 0 Å².